The Morgan fingerprint density at radius 1 is 1.30 bits per heavy atom. The van der Waals surface area contributed by atoms with E-state index in [0.29, 0.717) is 30.2 Å². The highest BCUT2D eigenvalue weighted by Crippen LogP contribution is 2.32. The third kappa shape index (κ3) is 3.88. The molecular weight excluding hydrogens is 336 g/mol. The van der Waals surface area contributed by atoms with Gasteiger partial charge in [0.2, 0.25) is 5.91 Å². The highest BCUT2D eigenvalue weighted by molar-refractivity contribution is 5.77. The molecule has 2 aliphatic rings. The summed E-state index contributed by atoms with van der Waals surface area (Å²) in [5.74, 6) is 2.51. The van der Waals surface area contributed by atoms with Crippen molar-refractivity contribution in [1.29, 1.82) is 0 Å². The Labute approximate surface area is 162 Å². The molecule has 2 unspecified atom stereocenters. The summed E-state index contributed by atoms with van der Waals surface area (Å²) in [7, 11) is 0. The first-order valence-corrected chi connectivity index (χ1v) is 10.6. The van der Waals surface area contributed by atoms with Gasteiger partial charge in [-0.1, -0.05) is 12.1 Å². The number of carbonyl (C=O) groups excluding carboxylic acids is 1. The summed E-state index contributed by atoms with van der Waals surface area (Å²) in [4.78, 5) is 19.9. The number of aromatic nitrogens is 2. The van der Waals surface area contributed by atoms with Crippen molar-refractivity contribution in [3.8, 4) is 0 Å². The van der Waals surface area contributed by atoms with Crippen molar-refractivity contribution in [3.63, 3.8) is 0 Å². The molecule has 0 radical (unpaired) electrons. The molecule has 5 heteroatoms. The van der Waals surface area contributed by atoms with Crippen LogP contribution in [0.3, 0.4) is 0 Å². The fourth-order valence-electron chi connectivity index (χ4n) is 4.75. The van der Waals surface area contributed by atoms with Gasteiger partial charge in [-0.3, -0.25) is 4.79 Å². The molecule has 2 saturated heterocycles. The van der Waals surface area contributed by atoms with Crippen molar-refractivity contribution in [2.45, 2.75) is 57.9 Å². The zero-order valence-corrected chi connectivity index (χ0v) is 16.7. The number of hydrogen-bond acceptors (Lipinski definition) is 3. The second-order valence-corrected chi connectivity index (χ2v) is 8.50. The molecule has 0 saturated carbocycles. The van der Waals surface area contributed by atoms with Crippen LogP contribution in [0, 0.1) is 5.92 Å². The number of likely N-dealkylation sites (tertiary alicyclic amines) is 1. The molecule has 3 heterocycles. The maximum Gasteiger partial charge on any atom is 0.222 e. The van der Waals surface area contributed by atoms with Gasteiger partial charge in [-0.25, -0.2) is 4.98 Å². The van der Waals surface area contributed by atoms with Crippen molar-refractivity contribution in [2.75, 3.05) is 26.2 Å². The molecular formula is C22H32N4O. The van der Waals surface area contributed by atoms with Gasteiger partial charge < -0.3 is 14.8 Å². The number of rotatable bonds is 5. The molecule has 0 bridgehead atoms. The summed E-state index contributed by atoms with van der Waals surface area (Å²) in [5.41, 5.74) is 2.28. The smallest absolute Gasteiger partial charge is 0.222 e. The first kappa shape index (κ1) is 18.5. The second kappa shape index (κ2) is 8.01. The summed E-state index contributed by atoms with van der Waals surface area (Å²) in [6.07, 6.45) is 5.13. The number of benzene rings is 1. The highest BCUT2D eigenvalue weighted by Gasteiger charge is 2.29. The van der Waals surface area contributed by atoms with Gasteiger partial charge in [-0.2, -0.15) is 0 Å². The Bertz CT molecular complexity index is 791. The number of fused-ring (bicyclic) bond motifs is 1. The SMILES string of the molecule is CC(C)n1c(C2CCCN(C(=O)CCC3CCNC3)C2)nc2ccccc21. The van der Waals surface area contributed by atoms with Crippen LogP contribution in [-0.2, 0) is 4.79 Å². The molecule has 1 N–H and O–H groups in total. The summed E-state index contributed by atoms with van der Waals surface area (Å²) < 4.78 is 2.37. The molecule has 2 fully saturated rings. The Morgan fingerprint density at radius 3 is 2.93 bits per heavy atom. The molecule has 5 nitrogen and oxygen atoms in total. The molecule has 2 aliphatic heterocycles. The number of carbonyl (C=O) groups is 1. The van der Waals surface area contributed by atoms with Gasteiger partial charge in [0.05, 0.1) is 11.0 Å². The van der Waals surface area contributed by atoms with Crippen LogP contribution in [0.15, 0.2) is 24.3 Å². The zero-order chi connectivity index (χ0) is 18.8. The van der Waals surface area contributed by atoms with Crippen molar-refractivity contribution >= 4 is 16.9 Å². The minimum absolute atomic E-state index is 0.332. The number of nitrogens with one attached hydrogen (secondary N) is 1. The second-order valence-electron chi connectivity index (χ2n) is 8.50. The van der Waals surface area contributed by atoms with E-state index in [9.17, 15) is 4.79 Å². The van der Waals surface area contributed by atoms with Gasteiger partial charge in [0, 0.05) is 31.5 Å². The normalized spacial score (nSPS) is 23.4. The largest absolute Gasteiger partial charge is 0.342 e. The van der Waals surface area contributed by atoms with E-state index in [1.807, 2.05) is 0 Å². The van der Waals surface area contributed by atoms with Gasteiger partial charge in [-0.05, 0) is 70.7 Å². The minimum Gasteiger partial charge on any atom is -0.342 e. The standard InChI is InChI=1S/C22H32N4O/c1-16(2)26-20-8-4-3-7-19(20)24-22(26)18-6-5-13-25(15-18)21(27)10-9-17-11-12-23-14-17/h3-4,7-8,16-18,23H,5-6,9-15H2,1-2H3. The predicted molar refractivity (Wildman–Crippen MR) is 109 cm³/mol. The number of hydrogen-bond donors (Lipinski definition) is 1. The van der Waals surface area contributed by atoms with E-state index in [1.165, 1.54) is 11.9 Å². The molecule has 146 valence electrons. The number of para-hydroxylation sites is 2. The first-order chi connectivity index (χ1) is 13.1. The lowest BCUT2D eigenvalue weighted by molar-refractivity contribution is -0.132. The molecule has 0 aliphatic carbocycles. The maximum absolute atomic E-state index is 12.8. The molecule has 2 aromatic rings. The highest BCUT2D eigenvalue weighted by atomic mass is 16.2. The Morgan fingerprint density at radius 2 is 2.15 bits per heavy atom. The van der Waals surface area contributed by atoms with Crippen LogP contribution in [0.4, 0.5) is 0 Å². The first-order valence-electron chi connectivity index (χ1n) is 10.6. The van der Waals surface area contributed by atoms with E-state index < -0.39 is 0 Å². The fraction of sp³-hybridized carbons (Fsp3) is 0.636. The molecule has 0 spiro atoms. The van der Waals surface area contributed by atoms with Crippen LogP contribution in [0.2, 0.25) is 0 Å². The quantitative estimate of drug-likeness (QED) is 0.875. The average Bonchev–Trinajstić information content (AvgIpc) is 3.33. The summed E-state index contributed by atoms with van der Waals surface area (Å²) in [6.45, 7) is 8.35. The van der Waals surface area contributed by atoms with Crippen LogP contribution in [0.5, 0.6) is 0 Å². The Hall–Kier alpha value is -1.88. The van der Waals surface area contributed by atoms with Crippen LogP contribution in [0.25, 0.3) is 11.0 Å². The van der Waals surface area contributed by atoms with E-state index in [-0.39, 0.29) is 0 Å². The van der Waals surface area contributed by atoms with Crippen LogP contribution < -0.4 is 5.32 Å². The number of amides is 1. The third-order valence-corrected chi connectivity index (χ3v) is 6.21. The molecule has 1 aromatic carbocycles. The van der Waals surface area contributed by atoms with E-state index in [4.69, 9.17) is 4.98 Å². The molecule has 1 aromatic heterocycles. The maximum atomic E-state index is 12.8. The van der Waals surface area contributed by atoms with Crippen LogP contribution in [-0.4, -0.2) is 46.5 Å². The van der Waals surface area contributed by atoms with Crippen LogP contribution >= 0.6 is 0 Å². The van der Waals surface area contributed by atoms with Gasteiger partial charge >= 0.3 is 0 Å². The minimum atomic E-state index is 0.332. The van der Waals surface area contributed by atoms with Crippen molar-refractivity contribution in [3.05, 3.63) is 30.1 Å². The van der Waals surface area contributed by atoms with Gasteiger partial charge in [-0.15, -0.1) is 0 Å². The summed E-state index contributed by atoms with van der Waals surface area (Å²) in [6, 6.07) is 8.76. The average molecular weight is 369 g/mol. The van der Waals surface area contributed by atoms with E-state index in [0.717, 1.165) is 56.8 Å². The lowest BCUT2D eigenvalue weighted by Crippen LogP contribution is -2.40. The van der Waals surface area contributed by atoms with Gasteiger partial charge in [0.1, 0.15) is 5.82 Å². The monoisotopic (exact) mass is 368 g/mol. The van der Waals surface area contributed by atoms with E-state index >= 15 is 0 Å². The number of imidazole rings is 1. The molecule has 27 heavy (non-hydrogen) atoms. The fourth-order valence-corrected chi connectivity index (χ4v) is 4.75. The number of piperidine rings is 1. The Balaban J connectivity index is 1.48. The number of nitrogens with zero attached hydrogens (tertiary/aromatic N) is 3. The molecule has 1 amide bonds. The van der Waals surface area contributed by atoms with E-state index in [2.05, 4.69) is 52.9 Å². The third-order valence-electron chi connectivity index (χ3n) is 6.21. The Kier molecular flexibility index (Phi) is 5.48. The molecule has 2 atom stereocenters. The zero-order valence-electron chi connectivity index (χ0n) is 16.7. The van der Waals surface area contributed by atoms with Crippen LogP contribution in [0.1, 0.15) is 63.7 Å². The summed E-state index contributed by atoms with van der Waals surface area (Å²) >= 11 is 0. The predicted octanol–water partition coefficient (Wildman–Crippen LogP) is 3.71. The van der Waals surface area contributed by atoms with E-state index in [1.54, 1.807) is 0 Å². The molecule has 4 rings (SSSR count). The van der Waals surface area contributed by atoms with Crippen molar-refractivity contribution < 1.29 is 4.79 Å². The topological polar surface area (TPSA) is 50.2 Å². The van der Waals surface area contributed by atoms with Crippen molar-refractivity contribution in [1.82, 2.24) is 19.8 Å². The summed E-state index contributed by atoms with van der Waals surface area (Å²) in [5, 5.41) is 3.40. The lowest BCUT2D eigenvalue weighted by Gasteiger charge is -2.33. The van der Waals surface area contributed by atoms with Crippen molar-refractivity contribution in [2.24, 2.45) is 5.92 Å². The van der Waals surface area contributed by atoms with Gasteiger partial charge in [0.15, 0.2) is 0 Å². The van der Waals surface area contributed by atoms with Gasteiger partial charge in [0.25, 0.3) is 0 Å². The lowest BCUT2D eigenvalue weighted by atomic mass is 9.95.